The lowest BCUT2D eigenvalue weighted by molar-refractivity contribution is 0.0555. The molecule has 0 radical (unpaired) electrons. The molecular formula is C15H24N2OS. The zero-order chi connectivity index (χ0) is 12.7. The van der Waals surface area contributed by atoms with E-state index in [2.05, 4.69) is 5.32 Å². The van der Waals surface area contributed by atoms with Crippen molar-refractivity contribution < 1.29 is 4.74 Å². The van der Waals surface area contributed by atoms with Gasteiger partial charge in [-0.3, -0.25) is 4.99 Å². The van der Waals surface area contributed by atoms with Crippen molar-refractivity contribution >= 4 is 16.9 Å². The van der Waals surface area contributed by atoms with Crippen LogP contribution in [0.2, 0.25) is 0 Å². The summed E-state index contributed by atoms with van der Waals surface area (Å²) in [5.41, 5.74) is 0.302. The van der Waals surface area contributed by atoms with Gasteiger partial charge in [0.2, 0.25) is 0 Å². The Morgan fingerprint density at radius 2 is 1.89 bits per heavy atom. The molecule has 4 heteroatoms. The minimum absolute atomic E-state index is 0.302. The van der Waals surface area contributed by atoms with Crippen molar-refractivity contribution in [2.45, 2.75) is 44.1 Å². The fraction of sp³-hybridized carbons (Fsp3) is 0.933. The van der Waals surface area contributed by atoms with Gasteiger partial charge in [0, 0.05) is 25.5 Å². The minimum atomic E-state index is 0.302. The first-order valence-electron chi connectivity index (χ1n) is 7.88. The monoisotopic (exact) mass is 280 g/mol. The van der Waals surface area contributed by atoms with Crippen LogP contribution in [0.3, 0.4) is 0 Å². The topological polar surface area (TPSA) is 33.6 Å². The van der Waals surface area contributed by atoms with E-state index in [1.54, 1.807) is 0 Å². The smallest absolute Gasteiger partial charge is 0.157 e. The number of rotatable bonds is 4. The van der Waals surface area contributed by atoms with E-state index in [1.165, 1.54) is 36.6 Å². The number of hydrogen-bond donors (Lipinski definition) is 1. The van der Waals surface area contributed by atoms with Crippen LogP contribution in [0.1, 0.15) is 38.5 Å². The lowest BCUT2D eigenvalue weighted by Gasteiger charge is -2.32. The Balaban J connectivity index is 1.35. The van der Waals surface area contributed by atoms with Crippen LogP contribution >= 0.6 is 11.8 Å². The molecule has 0 atom stereocenters. The van der Waals surface area contributed by atoms with E-state index >= 15 is 0 Å². The first-order valence-corrected chi connectivity index (χ1v) is 8.86. The zero-order valence-electron chi connectivity index (χ0n) is 11.6. The molecule has 0 aromatic heterocycles. The molecule has 4 fully saturated rings. The van der Waals surface area contributed by atoms with Crippen LogP contribution in [0.4, 0.5) is 0 Å². The average Bonchev–Trinajstić information content (AvgIpc) is 3.33. The summed E-state index contributed by atoms with van der Waals surface area (Å²) in [7, 11) is 0. The van der Waals surface area contributed by atoms with E-state index in [4.69, 9.17) is 9.73 Å². The standard InChI is InChI=1S/C15H24N2OS/c1-2-11(1)13(12-3-4-12)9-16-14-17-15(10-19-14)5-7-18-8-6-15/h11-13H,1-10H2,(H,16,17). The molecule has 2 aliphatic carbocycles. The van der Waals surface area contributed by atoms with E-state index in [-0.39, 0.29) is 0 Å². The van der Waals surface area contributed by atoms with Crippen molar-refractivity contribution in [2.75, 3.05) is 25.5 Å². The van der Waals surface area contributed by atoms with Crippen molar-refractivity contribution in [2.24, 2.45) is 22.7 Å². The molecule has 1 N–H and O–H groups in total. The molecule has 2 aliphatic heterocycles. The number of thioether (sulfide) groups is 1. The molecule has 106 valence electrons. The van der Waals surface area contributed by atoms with Gasteiger partial charge in [0.25, 0.3) is 0 Å². The summed E-state index contributed by atoms with van der Waals surface area (Å²) >= 11 is 1.94. The van der Waals surface area contributed by atoms with Crippen LogP contribution in [0, 0.1) is 17.8 Å². The number of hydrogen-bond acceptors (Lipinski definition) is 3. The summed E-state index contributed by atoms with van der Waals surface area (Å²) in [4.78, 5) is 4.92. The number of aliphatic imine (C=N–C) groups is 1. The minimum Gasteiger partial charge on any atom is -0.381 e. The Morgan fingerprint density at radius 1 is 1.21 bits per heavy atom. The van der Waals surface area contributed by atoms with Gasteiger partial charge in [-0.25, -0.2) is 0 Å². The molecule has 3 nitrogen and oxygen atoms in total. The molecule has 4 aliphatic rings. The van der Waals surface area contributed by atoms with E-state index in [1.807, 2.05) is 11.8 Å². The number of nitrogens with zero attached hydrogens (tertiary/aromatic N) is 1. The van der Waals surface area contributed by atoms with Crippen molar-refractivity contribution in [3.63, 3.8) is 0 Å². The highest BCUT2D eigenvalue weighted by Gasteiger charge is 2.42. The lowest BCUT2D eigenvalue weighted by atomic mass is 9.93. The van der Waals surface area contributed by atoms with E-state index in [0.29, 0.717) is 5.54 Å². The SMILES string of the molecule is C1CC2(CCO1)CSC(=NCC(C1CC1)C1CC1)N2. The maximum Gasteiger partial charge on any atom is 0.157 e. The molecule has 0 bridgehead atoms. The summed E-state index contributed by atoms with van der Waals surface area (Å²) in [6.45, 7) is 2.90. The Morgan fingerprint density at radius 3 is 2.53 bits per heavy atom. The second-order valence-corrected chi connectivity index (χ2v) is 7.75. The maximum atomic E-state index is 5.48. The molecule has 0 unspecified atom stereocenters. The quantitative estimate of drug-likeness (QED) is 0.859. The molecule has 1 spiro atoms. The Kier molecular flexibility index (Phi) is 3.27. The molecule has 0 aromatic carbocycles. The number of amidine groups is 1. The van der Waals surface area contributed by atoms with Gasteiger partial charge in [0.05, 0.1) is 5.54 Å². The first-order chi connectivity index (χ1) is 9.35. The van der Waals surface area contributed by atoms with Crippen molar-refractivity contribution in [3.05, 3.63) is 0 Å². The summed E-state index contributed by atoms with van der Waals surface area (Å²) in [6.07, 6.45) is 8.16. The van der Waals surface area contributed by atoms with Crippen LogP contribution in [-0.2, 0) is 4.74 Å². The zero-order valence-corrected chi connectivity index (χ0v) is 12.4. The van der Waals surface area contributed by atoms with Gasteiger partial charge in [0.1, 0.15) is 0 Å². The van der Waals surface area contributed by atoms with Crippen molar-refractivity contribution in [1.29, 1.82) is 0 Å². The fourth-order valence-corrected chi connectivity index (χ4v) is 4.77. The van der Waals surface area contributed by atoms with Gasteiger partial charge >= 0.3 is 0 Å². The van der Waals surface area contributed by atoms with Gasteiger partial charge in [-0.05, 0) is 56.3 Å². The molecule has 19 heavy (non-hydrogen) atoms. The van der Waals surface area contributed by atoms with Crippen LogP contribution in [0.25, 0.3) is 0 Å². The first kappa shape index (κ1) is 12.5. The molecular weight excluding hydrogens is 256 g/mol. The second-order valence-electron chi connectivity index (χ2n) is 6.79. The van der Waals surface area contributed by atoms with Gasteiger partial charge < -0.3 is 10.1 Å². The highest BCUT2D eigenvalue weighted by molar-refractivity contribution is 8.14. The van der Waals surface area contributed by atoms with Crippen LogP contribution in [-0.4, -0.2) is 36.2 Å². The van der Waals surface area contributed by atoms with Gasteiger partial charge in [-0.1, -0.05) is 11.8 Å². The van der Waals surface area contributed by atoms with Crippen LogP contribution in [0.15, 0.2) is 4.99 Å². The Hall–Kier alpha value is -0.220. The van der Waals surface area contributed by atoms with E-state index < -0.39 is 0 Å². The maximum absolute atomic E-state index is 5.48. The van der Waals surface area contributed by atoms with Crippen molar-refractivity contribution in [3.8, 4) is 0 Å². The summed E-state index contributed by atoms with van der Waals surface area (Å²) < 4.78 is 5.48. The predicted molar refractivity (Wildman–Crippen MR) is 79.6 cm³/mol. The van der Waals surface area contributed by atoms with E-state index in [9.17, 15) is 0 Å². The molecule has 2 saturated heterocycles. The summed E-state index contributed by atoms with van der Waals surface area (Å²) in [6, 6.07) is 0. The Bertz CT molecular complexity index is 358. The van der Waals surface area contributed by atoms with Gasteiger partial charge in [-0.2, -0.15) is 0 Å². The largest absolute Gasteiger partial charge is 0.381 e. The highest BCUT2D eigenvalue weighted by Crippen LogP contribution is 2.49. The van der Waals surface area contributed by atoms with E-state index in [0.717, 1.165) is 50.4 Å². The van der Waals surface area contributed by atoms with Crippen LogP contribution < -0.4 is 5.32 Å². The normalized spacial score (nSPS) is 32.2. The average molecular weight is 280 g/mol. The second kappa shape index (κ2) is 4.96. The summed E-state index contributed by atoms with van der Waals surface area (Å²) in [5.74, 6) is 4.12. The Labute approximate surface area is 120 Å². The highest BCUT2D eigenvalue weighted by atomic mass is 32.2. The third-order valence-electron chi connectivity index (χ3n) is 5.21. The van der Waals surface area contributed by atoms with Gasteiger partial charge in [0.15, 0.2) is 5.17 Å². The molecule has 4 rings (SSSR count). The molecule has 2 heterocycles. The fourth-order valence-electron chi connectivity index (χ4n) is 3.54. The van der Waals surface area contributed by atoms with Crippen LogP contribution in [0.5, 0.6) is 0 Å². The molecule has 0 aromatic rings. The number of nitrogens with one attached hydrogen (secondary N) is 1. The summed E-state index contributed by atoms with van der Waals surface area (Å²) in [5, 5.41) is 4.93. The molecule has 0 amide bonds. The van der Waals surface area contributed by atoms with Crippen molar-refractivity contribution in [1.82, 2.24) is 5.32 Å². The third kappa shape index (κ3) is 2.80. The number of ether oxygens (including phenoxy) is 1. The predicted octanol–water partition coefficient (Wildman–Crippen LogP) is 2.66. The lowest BCUT2D eigenvalue weighted by Crippen LogP contribution is -2.48. The van der Waals surface area contributed by atoms with Gasteiger partial charge in [-0.15, -0.1) is 0 Å². The third-order valence-corrected chi connectivity index (χ3v) is 6.41. The molecule has 2 saturated carbocycles.